The molecule has 0 amide bonds. The van der Waals surface area contributed by atoms with Gasteiger partial charge in [0, 0.05) is 5.56 Å². The molecule has 0 aliphatic carbocycles. The molecule has 1 saturated heterocycles. The molecule has 0 spiro atoms. The van der Waals surface area contributed by atoms with E-state index in [0.717, 1.165) is 17.4 Å². The third-order valence-electron chi connectivity index (χ3n) is 2.56. The molecule has 0 unspecified atom stereocenters. The van der Waals surface area contributed by atoms with Crippen LogP contribution in [0.4, 0.5) is 0 Å². The second-order valence-electron chi connectivity index (χ2n) is 4.09. The maximum Gasteiger partial charge on any atom is 0.264 e. The summed E-state index contributed by atoms with van der Waals surface area (Å²) in [5.41, 5.74) is 1.99. The third-order valence-corrected chi connectivity index (χ3v) is 3.16. The van der Waals surface area contributed by atoms with Gasteiger partial charge in [-0.3, -0.25) is 4.18 Å². The Labute approximate surface area is 107 Å². The fourth-order valence-electron chi connectivity index (χ4n) is 1.70. The average Bonchev–Trinajstić information content (AvgIpc) is 2.82. The lowest BCUT2D eigenvalue weighted by Gasteiger charge is -2.09. The standard InChI is InChI=1S/C12H16O5S/c1-18(13,14)17-7-6-10-2-4-11(5-3-10)12-15-8-9-16-12/h2-5,12H,6-9H2,1H3. The zero-order valence-corrected chi connectivity index (χ0v) is 11.0. The zero-order chi connectivity index (χ0) is 13.0. The van der Waals surface area contributed by atoms with Crippen LogP contribution in [0.25, 0.3) is 0 Å². The Bertz CT molecular complexity index is 474. The zero-order valence-electron chi connectivity index (χ0n) is 10.2. The summed E-state index contributed by atoms with van der Waals surface area (Å²) in [6.07, 6.45) is 1.33. The van der Waals surface area contributed by atoms with Gasteiger partial charge in [-0.2, -0.15) is 8.42 Å². The molecule has 0 saturated carbocycles. The maximum atomic E-state index is 10.8. The summed E-state index contributed by atoms with van der Waals surface area (Å²) in [6, 6.07) is 7.69. The first-order chi connectivity index (χ1) is 8.54. The Morgan fingerprint density at radius 3 is 2.39 bits per heavy atom. The molecule has 1 fully saturated rings. The predicted molar refractivity (Wildman–Crippen MR) is 65.6 cm³/mol. The minimum Gasteiger partial charge on any atom is -0.346 e. The van der Waals surface area contributed by atoms with Crippen molar-refractivity contribution in [2.24, 2.45) is 0 Å². The van der Waals surface area contributed by atoms with Crippen LogP contribution in [-0.4, -0.2) is 34.5 Å². The van der Waals surface area contributed by atoms with Crippen LogP contribution in [0.5, 0.6) is 0 Å². The van der Waals surface area contributed by atoms with Crippen LogP contribution >= 0.6 is 0 Å². The molecule has 5 nitrogen and oxygen atoms in total. The summed E-state index contributed by atoms with van der Waals surface area (Å²) >= 11 is 0. The summed E-state index contributed by atoms with van der Waals surface area (Å²) < 4.78 is 37.0. The largest absolute Gasteiger partial charge is 0.346 e. The molecular weight excluding hydrogens is 256 g/mol. The van der Waals surface area contributed by atoms with Crippen molar-refractivity contribution in [1.82, 2.24) is 0 Å². The summed E-state index contributed by atoms with van der Waals surface area (Å²) in [7, 11) is -3.36. The van der Waals surface area contributed by atoms with Crippen LogP contribution < -0.4 is 0 Å². The predicted octanol–water partition coefficient (Wildman–Crippen LogP) is 1.25. The minimum absolute atomic E-state index is 0.161. The maximum absolute atomic E-state index is 10.8. The average molecular weight is 272 g/mol. The number of benzene rings is 1. The van der Waals surface area contributed by atoms with Gasteiger partial charge < -0.3 is 9.47 Å². The molecule has 1 aliphatic heterocycles. The summed E-state index contributed by atoms with van der Waals surface area (Å²) in [5, 5.41) is 0. The third kappa shape index (κ3) is 4.06. The lowest BCUT2D eigenvalue weighted by Crippen LogP contribution is -2.06. The van der Waals surface area contributed by atoms with Crippen molar-refractivity contribution in [2.45, 2.75) is 12.7 Å². The highest BCUT2D eigenvalue weighted by atomic mass is 32.2. The van der Waals surface area contributed by atoms with Crippen molar-refractivity contribution in [2.75, 3.05) is 26.1 Å². The Morgan fingerprint density at radius 2 is 1.83 bits per heavy atom. The number of hydrogen-bond donors (Lipinski definition) is 0. The molecule has 0 atom stereocenters. The van der Waals surface area contributed by atoms with E-state index in [-0.39, 0.29) is 12.9 Å². The molecule has 100 valence electrons. The smallest absolute Gasteiger partial charge is 0.264 e. The van der Waals surface area contributed by atoms with E-state index in [2.05, 4.69) is 4.18 Å². The quantitative estimate of drug-likeness (QED) is 0.755. The van der Waals surface area contributed by atoms with Crippen LogP contribution in [0.2, 0.25) is 0 Å². The highest BCUT2D eigenvalue weighted by Crippen LogP contribution is 2.23. The van der Waals surface area contributed by atoms with Gasteiger partial charge in [-0.25, -0.2) is 0 Å². The van der Waals surface area contributed by atoms with E-state index in [9.17, 15) is 8.42 Å². The first-order valence-corrected chi connectivity index (χ1v) is 7.53. The van der Waals surface area contributed by atoms with Crippen LogP contribution in [0.1, 0.15) is 17.4 Å². The van der Waals surface area contributed by atoms with Crippen LogP contribution in [-0.2, 0) is 30.2 Å². The Balaban J connectivity index is 1.87. The first-order valence-electron chi connectivity index (χ1n) is 5.71. The monoisotopic (exact) mass is 272 g/mol. The summed E-state index contributed by atoms with van der Waals surface area (Å²) in [4.78, 5) is 0. The van der Waals surface area contributed by atoms with Gasteiger partial charge in [0.2, 0.25) is 0 Å². The van der Waals surface area contributed by atoms with E-state index < -0.39 is 10.1 Å². The molecule has 2 rings (SSSR count). The lowest BCUT2D eigenvalue weighted by molar-refractivity contribution is -0.0441. The van der Waals surface area contributed by atoms with Crippen LogP contribution in [0.3, 0.4) is 0 Å². The van der Waals surface area contributed by atoms with E-state index in [1.165, 1.54) is 0 Å². The van der Waals surface area contributed by atoms with Gasteiger partial charge in [0.25, 0.3) is 10.1 Å². The van der Waals surface area contributed by atoms with Gasteiger partial charge in [-0.1, -0.05) is 24.3 Å². The fourth-order valence-corrected chi connectivity index (χ4v) is 2.09. The Hall–Kier alpha value is -0.950. The SMILES string of the molecule is CS(=O)(=O)OCCc1ccc(C2OCCO2)cc1. The molecule has 1 aromatic carbocycles. The highest BCUT2D eigenvalue weighted by molar-refractivity contribution is 7.85. The normalized spacial score (nSPS) is 17.2. The topological polar surface area (TPSA) is 61.8 Å². The number of ether oxygens (including phenoxy) is 2. The van der Waals surface area contributed by atoms with Crippen molar-refractivity contribution < 1.29 is 22.1 Å². The van der Waals surface area contributed by atoms with E-state index in [4.69, 9.17) is 9.47 Å². The van der Waals surface area contributed by atoms with Crippen molar-refractivity contribution in [3.63, 3.8) is 0 Å². The number of hydrogen-bond acceptors (Lipinski definition) is 5. The molecule has 1 aromatic rings. The molecule has 18 heavy (non-hydrogen) atoms. The van der Waals surface area contributed by atoms with Crippen molar-refractivity contribution >= 4 is 10.1 Å². The molecule has 0 radical (unpaired) electrons. The summed E-state index contributed by atoms with van der Waals surface area (Å²) in [5.74, 6) is 0. The molecule has 0 bridgehead atoms. The van der Waals surface area contributed by atoms with Gasteiger partial charge in [0.1, 0.15) is 0 Å². The van der Waals surface area contributed by atoms with E-state index in [0.29, 0.717) is 19.6 Å². The van der Waals surface area contributed by atoms with E-state index in [1.54, 1.807) is 0 Å². The molecule has 1 aliphatic rings. The van der Waals surface area contributed by atoms with Gasteiger partial charge in [-0.15, -0.1) is 0 Å². The van der Waals surface area contributed by atoms with Crippen molar-refractivity contribution in [3.8, 4) is 0 Å². The molecule has 0 aromatic heterocycles. The van der Waals surface area contributed by atoms with Crippen LogP contribution in [0, 0.1) is 0 Å². The van der Waals surface area contributed by atoms with Crippen molar-refractivity contribution in [1.29, 1.82) is 0 Å². The molecular formula is C12H16O5S. The minimum atomic E-state index is -3.36. The van der Waals surface area contributed by atoms with Gasteiger partial charge in [-0.05, 0) is 12.0 Å². The first kappa shape index (κ1) is 13.5. The van der Waals surface area contributed by atoms with Gasteiger partial charge in [0.05, 0.1) is 26.1 Å². The Morgan fingerprint density at radius 1 is 1.22 bits per heavy atom. The van der Waals surface area contributed by atoms with Crippen LogP contribution in [0.15, 0.2) is 24.3 Å². The second-order valence-corrected chi connectivity index (χ2v) is 5.74. The molecule has 6 heteroatoms. The Kier molecular flexibility index (Phi) is 4.34. The summed E-state index contributed by atoms with van der Waals surface area (Å²) in [6.45, 7) is 1.40. The lowest BCUT2D eigenvalue weighted by atomic mass is 10.1. The van der Waals surface area contributed by atoms with Gasteiger partial charge >= 0.3 is 0 Å². The molecule has 0 N–H and O–H groups in total. The van der Waals surface area contributed by atoms with Crippen molar-refractivity contribution in [3.05, 3.63) is 35.4 Å². The second kappa shape index (κ2) is 5.79. The highest BCUT2D eigenvalue weighted by Gasteiger charge is 2.17. The van der Waals surface area contributed by atoms with E-state index in [1.807, 2.05) is 24.3 Å². The molecule has 1 heterocycles. The fraction of sp³-hybridized carbons (Fsp3) is 0.500. The van der Waals surface area contributed by atoms with Gasteiger partial charge in [0.15, 0.2) is 6.29 Å². The number of rotatable bonds is 5. The van der Waals surface area contributed by atoms with E-state index >= 15 is 0 Å².